The largest absolute Gasteiger partial charge is 0.507 e. The lowest BCUT2D eigenvalue weighted by molar-refractivity contribution is -0.122. The van der Waals surface area contributed by atoms with Crippen LogP contribution >= 0.6 is 0 Å². The van der Waals surface area contributed by atoms with Gasteiger partial charge in [0.05, 0.1) is 13.2 Å². The summed E-state index contributed by atoms with van der Waals surface area (Å²) in [6.07, 6.45) is 6.12. The first kappa shape index (κ1) is 38.6. The number of aromatic hydroxyl groups is 2. The normalized spacial score (nSPS) is 16.8. The number of hydrogen-bond donors (Lipinski definition) is 4. The highest BCUT2D eigenvalue weighted by Gasteiger charge is 2.31. The zero-order valence-electron chi connectivity index (χ0n) is 29.7. The molecule has 1 aromatic heterocycles. The number of phenolic OH excluding ortho intramolecular Hbond substituents is 2. The van der Waals surface area contributed by atoms with Crippen LogP contribution in [0.5, 0.6) is 17.2 Å². The fraction of sp³-hybridized carbons (Fsp3) is 0.474. The molecule has 0 radical (unpaired) electrons. The van der Waals surface area contributed by atoms with Gasteiger partial charge >= 0.3 is 5.97 Å². The number of phenols is 2. The first-order valence-corrected chi connectivity index (χ1v) is 17.4. The van der Waals surface area contributed by atoms with Crippen molar-refractivity contribution in [2.45, 2.75) is 96.5 Å². The lowest BCUT2D eigenvalue weighted by Crippen LogP contribution is -2.32. The molecular formula is C38H48N4O9. The standard InChI is InChI=1S/C38H48N4O9/c1-23(2)37-41-33(51-42-37)18-20-39-31(45)17-19-40-32(46)22-29(25-13-15-28(49-4)16-14-25)35-30(44)21-26-10-6-5-7-11-27(43)12-8-9-24(3)50-38(48)34(26)36(35)47/h6,10,13-16,21,23-24,29,44,47H,5,7-9,11-12,17-20,22H2,1-4H3,(H,39,45)(H,40,46)/b10-6+/t24-,29?/m0/s1. The number of esters is 1. The Balaban J connectivity index is 1.53. The minimum Gasteiger partial charge on any atom is -0.507 e. The van der Waals surface area contributed by atoms with Gasteiger partial charge < -0.3 is 34.8 Å². The van der Waals surface area contributed by atoms with E-state index in [1.54, 1.807) is 43.3 Å². The molecule has 1 aliphatic rings. The molecule has 0 bridgehead atoms. The quantitative estimate of drug-likeness (QED) is 0.175. The Kier molecular flexibility index (Phi) is 14.2. The van der Waals surface area contributed by atoms with Crippen LogP contribution in [0.4, 0.5) is 0 Å². The molecule has 0 saturated heterocycles. The molecule has 51 heavy (non-hydrogen) atoms. The van der Waals surface area contributed by atoms with Crippen LogP contribution in [0.1, 0.15) is 123 Å². The van der Waals surface area contributed by atoms with Gasteiger partial charge in [-0.15, -0.1) is 0 Å². The van der Waals surface area contributed by atoms with Crippen LogP contribution in [-0.2, 0) is 25.5 Å². The monoisotopic (exact) mass is 704 g/mol. The second-order valence-corrected chi connectivity index (χ2v) is 13.0. The van der Waals surface area contributed by atoms with Crippen molar-refractivity contribution in [2.24, 2.45) is 0 Å². The summed E-state index contributed by atoms with van der Waals surface area (Å²) >= 11 is 0. The van der Waals surface area contributed by atoms with Gasteiger partial charge in [0.25, 0.3) is 0 Å². The third-order valence-corrected chi connectivity index (χ3v) is 8.64. The van der Waals surface area contributed by atoms with Crippen molar-refractivity contribution in [3.8, 4) is 17.2 Å². The van der Waals surface area contributed by atoms with Gasteiger partial charge in [-0.25, -0.2) is 4.79 Å². The number of carbonyl (C=O) groups excluding carboxylic acids is 4. The highest BCUT2D eigenvalue weighted by Crippen LogP contribution is 2.44. The summed E-state index contributed by atoms with van der Waals surface area (Å²) in [7, 11) is 1.52. The van der Waals surface area contributed by atoms with Crippen LogP contribution in [0.3, 0.4) is 0 Å². The zero-order chi connectivity index (χ0) is 36.9. The maximum absolute atomic E-state index is 13.6. The van der Waals surface area contributed by atoms with Crippen LogP contribution in [0.15, 0.2) is 40.9 Å². The average molecular weight is 705 g/mol. The van der Waals surface area contributed by atoms with Gasteiger partial charge in [-0.1, -0.05) is 43.3 Å². The third-order valence-electron chi connectivity index (χ3n) is 8.64. The Bertz CT molecular complexity index is 1700. The molecule has 0 spiro atoms. The summed E-state index contributed by atoms with van der Waals surface area (Å²) in [6.45, 7) is 5.97. The van der Waals surface area contributed by atoms with Crippen molar-refractivity contribution in [3.63, 3.8) is 0 Å². The lowest BCUT2D eigenvalue weighted by Gasteiger charge is -2.23. The van der Waals surface area contributed by atoms with Gasteiger partial charge in [-0.05, 0) is 61.9 Å². The molecule has 1 aliphatic heterocycles. The molecule has 4 rings (SSSR count). The highest BCUT2D eigenvalue weighted by molar-refractivity contribution is 5.98. The summed E-state index contributed by atoms with van der Waals surface area (Å²) in [5.74, 6) is -1.33. The molecule has 13 heteroatoms. The van der Waals surface area contributed by atoms with Crippen LogP contribution in [0.2, 0.25) is 0 Å². The molecule has 3 aromatic rings. The molecule has 0 aliphatic carbocycles. The number of hydrogen-bond acceptors (Lipinski definition) is 11. The van der Waals surface area contributed by atoms with Gasteiger partial charge in [-0.3, -0.25) is 14.4 Å². The van der Waals surface area contributed by atoms with Crippen LogP contribution < -0.4 is 15.4 Å². The fourth-order valence-electron chi connectivity index (χ4n) is 5.82. The second-order valence-electron chi connectivity index (χ2n) is 13.0. The topological polar surface area (TPSA) is 190 Å². The highest BCUT2D eigenvalue weighted by atomic mass is 16.5. The summed E-state index contributed by atoms with van der Waals surface area (Å²) in [5, 5.41) is 32.5. The number of benzene rings is 2. The van der Waals surface area contributed by atoms with E-state index in [4.69, 9.17) is 14.0 Å². The van der Waals surface area contributed by atoms with E-state index in [9.17, 15) is 29.4 Å². The second kappa shape index (κ2) is 18.7. The number of methoxy groups -OCH3 is 1. The van der Waals surface area contributed by atoms with E-state index in [1.807, 2.05) is 13.8 Å². The number of aromatic nitrogens is 2. The summed E-state index contributed by atoms with van der Waals surface area (Å²) in [5.41, 5.74) is 0.672. The van der Waals surface area contributed by atoms with Crippen molar-refractivity contribution in [1.82, 2.24) is 20.8 Å². The molecular weight excluding hydrogens is 656 g/mol. The Morgan fingerprint density at radius 3 is 2.47 bits per heavy atom. The SMILES string of the molecule is COc1ccc(C(CC(=O)NCCC(=O)NCCc2nc(C(C)C)no2)c2c(O)cc3c(c2O)C(=O)O[C@@H](C)CCCC(=O)CCC/C=C/3)cc1. The van der Waals surface area contributed by atoms with Crippen molar-refractivity contribution < 1.29 is 43.4 Å². The average Bonchev–Trinajstić information content (AvgIpc) is 3.56. The number of amides is 2. The lowest BCUT2D eigenvalue weighted by atomic mass is 9.84. The maximum atomic E-state index is 13.6. The predicted molar refractivity (Wildman–Crippen MR) is 189 cm³/mol. The molecule has 2 amide bonds. The van der Waals surface area contributed by atoms with Gasteiger partial charge in [0.2, 0.25) is 17.7 Å². The predicted octanol–water partition coefficient (Wildman–Crippen LogP) is 5.48. The molecule has 13 nitrogen and oxygen atoms in total. The first-order chi connectivity index (χ1) is 24.5. The summed E-state index contributed by atoms with van der Waals surface area (Å²) in [4.78, 5) is 55.8. The number of cyclic esters (lactones) is 1. The number of carbonyl (C=O) groups is 4. The number of nitrogens with zero attached hydrogens (tertiary/aromatic N) is 2. The number of nitrogens with one attached hydrogen (secondary N) is 2. The number of Topliss-reactive ketones (excluding diaryl/α,β-unsaturated/α-hetero) is 1. The van der Waals surface area contributed by atoms with Crippen molar-refractivity contribution in [1.29, 1.82) is 0 Å². The van der Waals surface area contributed by atoms with Gasteiger partial charge in [0, 0.05) is 62.6 Å². The Morgan fingerprint density at radius 2 is 1.76 bits per heavy atom. The number of allylic oxidation sites excluding steroid dienone is 1. The Labute approximate surface area is 297 Å². The molecule has 2 aromatic carbocycles. The van der Waals surface area contributed by atoms with E-state index in [-0.39, 0.29) is 59.4 Å². The van der Waals surface area contributed by atoms with Gasteiger partial charge in [0.15, 0.2) is 5.82 Å². The van der Waals surface area contributed by atoms with E-state index >= 15 is 0 Å². The molecule has 2 atom stereocenters. The number of rotatable bonds is 12. The Hall–Kier alpha value is -5.20. The third kappa shape index (κ3) is 11.1. The number of ether oxygens (including phenoxy) is 2. The van der Waals surface area contributed by atoms with E-state index in [0.717, 1.165) is 0 Å². The molecule has 0 saturated carbocycles. The summed E-state index contributed by atoms with van der Waals surface area (Å²) in [6, 6.07) is 8.19. The number of ketones is 1. The molecule has 2 heterocycles. The smallest absolute Gasteiger partial charge is 0.342 e. The van der Waals surface area contributed by atoms with E-state index < -0.39 is 29.6 Å². The van der Waals surface area contributed by atoms with Crippen molar-refractivity contribution >= 4 is 29.6 Å². The minimum atomic E-state index is -0.895. The molecule has 1 unspecified atom stereocenters. The van der Waals surface area contributed by atoms with Crippen molar-refractivity contribution in [3.05, 3.63) is 70.4 Å². The van der Waals surface area contributed by atoms with E-state index in [1.165, 1.54) is 13.2 Å². The van der Waals surface area contributed by atoms with E-state index in [2.05, 4.69) is 20.8 Å². The van der Waals surface area contributed by atoms with Crippen molar-refractivity contribution in [2.75, 3.05) is 20.2 Å². The summed E-state index contributed by atoms with van der Waals surface area (Å²) < 4.78 is 16.2. The molecule has 274 valence electrons. The van der Waals surface area contributed by atoms with Crippen LogP contribution in [0.25, 0.3) is 6.08 Å². The minimum absolute atomic E-state index is 0.0138. The van der Waals surface area contributed by atoms with Gasteiger partial charge in [0.1, 0.15) is 28.6 Å². The molecule has 4 N–H and O–H groups in total. The maximum Gasteiger partial charge on any atom is 0.342 e. The van der Waals surface area contributed by atoms with Crippen LogP contribution in [-0.4, -0.2) is 70.2 Å². The van der Waals surface area contributed by atoms with Gasteiger partial charge in [-0.2, -0.15) is 4.98 Å². The fourth-order valence-corrected chi connectivity index (χ4v) is 5.82. The first-order valence-electron chi connectivity index (χ1n) is 17.4. The van der Waals surface area contributed by atoms with Crippen LogP contribution in [0, 0.1) is 0 Å². The number of fused-ring (bicyclic) bond motifs is 1. The molecule has 0 fully saturated rings. The Morgan fingerprint density at radius 1 is 1.04 bits per heavy atom. The van der Waals surface area contributed by atoms with E-state index in [0.29, 0.717) is 74.5 Å². The zero-order valence-corrected chi connectivity index (χ0v) is 29.7.